The molecule has 1 aromatic heterocycles. The van der Waals surface area contributed by atoms with Crippen LogP contribution >= 0.6 is 23.3 Å². The Labute approximate surface area is 141 Å². The highest BCUT2D eigenvalue weighted by Crippen LogP contribution is 2.31. The Balaban J connectivity index is 1.98. The highest BCUT2D eigenvalue weighted by Gasteiger charge is 2.15. The topological polar surface area (TPSA) is 73.3 Å². The van der Waals surface area contributed by atoms with Gasteiger partial charge in [-0.15, -0.1) is 0 Å². The summed E-state index contributed by atoms with van der Waals surface area (Å²) in [4.78, 5) is 12.5. The average Bonchev–Trinajstić information content (AvgIpc) is 3.05. The molecule has 8 heteroatoms. The molecule has 0 radical (unpaired) electrons. The highest BCUT2D eigenvalue weighted by atomic mass is 35.5. The summed E-state index contributed by atoms with van der Waals surface area (Å²) in [6, 6.07) is 8.35. The van der Waals surface area contributed by atoms with Gasteiger partial charge in [-0.25, -0.2) is 0 Å². The molecule has 3 rings (SSSR count). The second-order valence-corrected chi connectivity index (χ2v) is 5.55. The van der Waals surface area contributed by atoms with E-state index in [1.165, 1.54) is 14.2 Å². The molecule has 3 aromatic rings. The Morgan fingerprint density at radius 1 is 1.13 bits per heavy atom. The molecule has 1 amide bonds. The number of anilines is 1. The molecule has 0 aliphatic rings. The van der Waals surface area contributed by atoms with E-state index in [-0.39, 0.29) is 5.91 Å². The second-order valence-electron chi connectivity index (χ2n) is 4.61. The van der Waals surface area contributed by atoms with E-state index in [0.29, 0.717) is 38.8 Å². The van der Waals surface area contributed by atoms with Gasteiger partial charge in [0.25, 0.3) is 5.91 Å². The number of benzene rings is 2. The molecule has 118 valence electrons. The Hall–Kier alpha value is -2.38. The van der Waals surface area contributed by atoms with Gasteiger partial charge in [0.15, 0.2) is 0 Å². The van der Waals surface area contributed by atoms with Gasteiger partial charge in [-0.05, 0) is 24.3 Å². The van der Waals surface area contributed by atoms with E-state index in [0.717, 1.165) is 11.7 Å². The quantitative estimate of drug-likeness (QED) is 0.778. The van der Waals surface area contributed by atoms with Crippen LogP contribution < -0.4 is 14.8 Å². The van der Waals surface area contributed by atoms with E-state index in [9.17, 15) is 4.79 Å². The maximum Gasteiger partial charge on any atom is 0.256 e. The van der Waals surface area contributed by atoms with Crippen LogP contribution in [0.4, 0.5) is 5.69 Å². The first kappa shape index (κ1) is 15.5. The maximum absolute atomic E-state index is 12.5. The largest absolute Gasteiger partial charge is 0.497 e. The first-order chi connectivity index (χ1) is 11.1. The maximum atomic E-state index is 12.5. The predicted octanol–water partition coefficient (Wildman–Crippen LogP) is 3.61. The number of halogens is 1. The van der Waals surface area contributed by atoms with E-state index in [2.05, 4.69) is 14.1 Å². The summed E-state index contributed by atoms with van der Waals surface area (Å²) in [5, 5.41) is 3.18. The highest BCUT2D eigenvalue weighted by molar-refractivity contribution is 7.00. The van der Waals surface area contributed by atoms with E-state index in [1.807, 2.05) is 0 Å². The summed E-state index contributed by atoms with van der Waals surface area (Å²) in [6.07, 6.45) is 0. The molecular weight excluding hydrogens is 338 g/mol. The van der Waals surface area contributed by atoms with E-state index >= 15 is 0 Å². The summed E-state index contributed by atoms with van der Waals surface area (Å²) in [5.41, 5.74) is 2.06. The van der Waals surface area contributed by atoms with Gasteiger partial charge in [0.05, 0.1) is 36.7 Å². The zero-order valence-corrected chi connectivity index (χ0v) is 13.9. The van der Waals surface area contributed by atoms with Crippen LogP contribution in [-0.2, 0) is 0 Å². The fourth-order valence-electron chi connectivity index (χ4n) is 2.07. The zero-order valence-electron chi connectivity index (χ0n) is 12.3. The molecule has 0 saturated carbocycles. The summed E-state index contributed by atoms with van der Waals surface area (Å²) in [5.74, 6) is 0.702. The first-order valence-electron chi connectivity index (χ1n) is 6.57. The number of rotatable bonds is 4. The molecule has 0 unspecified atom stereocenters. The number of amides is 1. The second kappa shape index (κ2) is 6.39. The number of ether oxygens (including phenoxy) is 2. The third-order valence-electron chi connectivity index (χ3n) is 3.23. The fraction of sp³-hybridized carbons (Fsp3) is 0.133. The Morgan fingerprint density at radius 3 is 2.48 bits per heavy atom. The Morgan fingerprint density at radius 2 is 1.83 bits per heavy atom. The van der Waals surface area contributed by atoms with Crippen molar-refractivity contribution in [3.8, 4) is 11.5 Å². The zero-order chi connectivity index (χ0) is 16.4. The lowest BCUT2D eigenvalue weighted by Gasteiger charge is -2.10. The van der Waals surface area contributed by atoms with Crippen LogP contribution in [0.15, 0.2) is 30.3 Å². The van der Waals surface area contributed by atoms with Gasteiger partial charge in [0.2, 0.25) is 0 Å². The number of carbonyl (C=O) groups is 1. The van der Waals surface area contributed by atoms with Gasteiger partial charge < -0.3 is 14.8 Å². The van der Waals surface area contributed by atoms with Crippen LogP contribution in [-0.4, -0.2) is 28.9 Å². The summed E-state index contributed by atoms with van der Waals surface area (Å²) < 4.78 is 18.7. The molecular formula is C15H12ClN3O3S. The van der Waals surface area contributed by atoms with Crippen molar-refractivity contribution in [2.24, 2.45) is 0 Å². The molecule has 0 spiro atoms. The van der Waals surface area contributed by atoms with Crippen molar-refractivity contribution in [3.05, 3.63) is 40.9 Å². The van der Waals surface area contributed by atoms with Crippen molar-refractivity contribution in [1.82, 2.24) is 8.75 Å². The Bertz CT molecular complexity index is 859. The molecule has 0 aliphatic heterocycles. The van der Waals surface area contributed by atoms with Crippen molar-refractivity contribution in [3.63, 3.8) is 0 Å². The van der Waals surface area contributed by atoms with E-state index in [4.69, 9.17) is 21.1 Å². The van der Waals surface area contributed by atoms with Gasteiger partial charge in [-0.3, -0.25) is 4.79 Å². The monoisotopic (exact) mass is 349 g/mol. The number of carbonyl (C=O) groups excluding carboxylic acids is 1. The van der Waals surface area contributed by atoms with Crippen LogP contribution in [0, 0.1) is 0 Å². The average molecular weight is 350 g/mol. The number of nitrogens with zero attached hydrogens (tertiary/aromatic N) is 2. The SMILES string of the molecule is COc1cc(OC)cc(C(=O)Nc2c(Cl)ccc3nsnc23)c1. The Kier molecular flexibility index (Phi) is 4.31. The molecule has 0 saturated heterocycles. The third-order valence-corrected chi connectivity index (χ3v) is 4.09. The molecule has 23 heavy (non-hydrogen) atoms. The van der Waals surface area contributed by atoms with Crippen molar-refractivity contribution in [2.75, 3.05) is 19.5 Å². The van der Waals surface area contributed by atoms with Crippen molar-refractivity contribution in [1.29, 1.82) is 0 Å². The van der Waals surface area contributed by atoms with Crippen LogP contribution in [0.25, 0.3) is 11.0 Å². The molecule has 0 bridgehead atoms. The van der Waals surface area contributed by atoms with E-state index < -0.39 is 0 Å². The lowest BCUT2D eigenvalue weighted by Crippen LogP contribution is -2.13. The lowest BCUT2D eigenvalue weighted by molar-refractivity contribution is 0.102. The van der Waals surface area contributed by atoms with Crippen LogP contribution in [0.5, 0.6) is 11.5 Å². The first-order valence-corrected chi connectivity index (χ1v) is 7.68. The fourth-order valence-corrected chi connectivity index (χ4v) is 2.81. The molecule has 0 atom stereocenters. The molecule has 6 nitrogen and oxygen atoms in total. The van der Waals surface area contributed by atoms with E-state index in [1.54, 1.807) is 30.3 Å². The minimum atomic E-state index is -0.343. The van der Waals surface area contributed by atoms with Crippen LogP contribution in [0.3, 0.4) is 0 Å². The van der Waals surface area contributed by atoms with Gasteiger partial charge in [-0.1, -0.05) is 11.6 Å². The van der Waals surface area contributed by atoms with Crippen molar-refractivity contribution >= 4 is 46.0 Å². The number of hydrogen-bond donors (Lipinski definition) is 1. The molecule has 1 N–H and O–H groups in total. The molecule has 1 heterocycles. The predicted molar refractivity (Wildman–Crippen MR) is 89.9 cm³/mol. The van der Waals surface area contributed by atoms with Gasteiger partial charge >= 0.3 is 0 Å². The minimum absolute atomic E-state index is 0.343. The summed E-state index contributed by atoms with van der Waals surface area (Å²) in [6.45, 7) is 0. The number of methoxy groups -OCH3 is 2. The number of fused-ring (bicyclic) bond motifs is 1. The van der Waals surface area contributed by atoms with Crippen LogP contribution in [0.1, 0.15) is 10.4 Å². The number of aromatic nitrogens is 2. The normalized spacial score (nSPS) is 10.6. The molecule has 0 fully saturated rings. The number of hydrogen-bond acceptors (Lipinski definition) is 6. The van der Waals surface area contributed by atoms with Gasteiger partial charge in [0, 0.05) is 11.6 Å². The summed E-state index contributed by atoms with van der Waals surface area (Å²) >= 11 is 7.24. The summed E-state index contributed by atoms with van der Waals surface area (Å²) in [7, 11) is 3.05. The smallest absolute Gasteiger partial charge is 0.256 e. The van der Waals surface area contributed by atoms with Gasteiger partial charge in [0.1, 0.15) is 22.5 Å². The lowest BCUT2D eigenvalue weighted by atomic mass is 10.1. The van der Waals surface area contributed by atoms with Crippen molar-refractivity contribution < 1.29 is 14.3 Å². The van der Waals surface area contributed by atoms with Gasteiger partial charge in [-0.2, -0.15) is 8.75 Å². The molecule has 2 aromatic carbocycles. The van der Waals surface area contributed by atoms with Crippen LogP contribution in [0.2, 0.25) is 5.02 Å². The molecule has 0 aliphatic carbocycles. The standard InChI is InChI=1S/C15H12ClN3O3S/c1-21-9-5-8(6-10(7-9)22-2)15(20)17-13-11(16)3-4-12-14(13)19-23-18-12/h3-7H,1-2H3,(H,17,20). The van der Waals surface area contributed by atoms with Crippen molar-refractivity contribution in [2.45, 2.75) is 0 Å². The minimum Gasteiger partial charge on any atom is -0.497 e. The number of nitrogens with one attached hydrogen (secondary N) is 1. The third kappa shape index (κ3) is 3.06.